The van der Waals surface area contributed by atoms with Gasteiger partial charge in [-0.05, 0) is 27.7 Å². The summed E-state index contributed by atoms with van der Waals surface area (Å²) in [6, 6.07) is 0. The molecule has 0 atom stereocenters. The topological polar surface area (TPSA) is 30.7 Å². The Morgan fingerprint density at radius 2 is 1.64 bits per heavy atom. The molecule has 0 bridgehead atoms. The molecule has 84 valence electrons. The Kier molecular flexibility index (Phi) is 13.6. The van der Waals surface area contributed by atoms with Crippen LogP contribution in [0, 0.1) is 0 Å². The molecule has 0 unspecified atom stereocenters. The summed E-state index contributed by atoms with van der Waals surface area (Å²) in [6.07, 6.45) is 1.14. The van der Waals surface area contributed by atoms with Crippen molar-refractivity contribution < 1.29 is 14.4 Å². The molecule has 1 N–H and O–H groups in total. The van der Waals surface area contributed by atoms with Crippen molar-refractivity contribution in [2.24, 2.45) is 0 Å². The summed E-state index contributed by atoms with van der Waals surface area (Å²) in [4.78, 5) is 11.8. The quantitative estimate of drug-likeness (QED) is 0.524. The number of ether oxygens (including phenoxy) is 1. The second-order valence-corrected chi connectivity index (χ2v) is 2.77. The van der Waals surface area contributed by atoms with Crippen molar-refractivity contribution in [1.29, 1.82) is 0 Å². The number of carbonyl (C=O) groups is 1. The Hall–Kier alpha value is -0.830. The van der Waals surface area contributed by atoms with Crippen molar-refractivity contribution in [3.8, 4) is 0 Å². The zero-order valence-corrected chi connectivity index (χ0v) is 9.93. The minimum atomic E-state index is -0.359. The lowest BCUT2D eigenvalue weighted by molar-refractivity contribution is -0.894. The SMILES string of the molecule is C=CC(=O)OCC.CC[NH+](CC)CC. The highest BCUT2D eigenvalue weighted by Crippen LogP contribution is 1.74. The minimum Gasteiger partial charge on any atom is -0.463 e. The fourth-order valence-corrected chi connectivity index (χ4v) is 0.951. The number of hydrogen-bond donors (Lipinski definition) is 1. The molecule has 0 saturated heterocycles. The van der Waals surface area contributed by atoms with E-state index in [0.29, 0.717) is 6.61 Å². The number of quaternary nitrogens is 1. The Morgan fingerprint density at radius 3 is 1.71 bits per heavy atom. The van der Waals surface area contributed by atoms with Crippen molar-refractivity contribution in [3.63, 3.8) is 0 Å². The molecule has 0 spiro atoms. The van der Waals surface area contributed by atoms with Gasteiger partial charge in [-0.1, -0.05) is 6.58 Å². The maximum Gasteiger partial charge on any atom is 0.330 e. The van der Waals surface area contributed by atoms with E-state index in [1.54, 1.807) is 11.8 Å². The fourth-order valence-electron chi connectivity index (χ4n) is 0.951. The largest absolute Gasteiger partial charge is 0.463 e. The molecular formula is C11H24NO2+. The Balaban J connectivity index is 0. The summed E-state index contributed by atoms with van der Waals surface area (Å²) >= 11 is 0. The molecule has 0 aromatic heterocycles. The van der Waals surface area contributed by atoms with E-state index in [4.69, 9.17) is 0 Å². The second-order valence-electron chi connectivity index (χ2n) is 2.77. The lowest BCUT2D eigenvalue weighted by Gasteiger charge is -2.10. The molecule has 0 aromatic carbocycles. The molecule has 0 rings (SSSR count). The van der Waals surface area contributed by atoms with E-state index < -0.39 is 0 Å². The molecule has 0 radical (unpaired) electrons. The highest BCUT2D eigenvalue weighted by Gasteiger charge is 1.92. The molecule has 0 aliphatic carbocycles. The number of rotatable bonds is 5. The van der Waals surface area contributed by atoms with Gasteiger partial charge in [-0.2, -0.15) is 0 Å². The zero-order valence-electron chi connectivity index (χ0n) is 9.93. The van der Waals surface area contributed by atoms with E-state index in [9.17, 15) is 4.79 Å². The van der Waals surface area contributed by atoms with Crippen molar-refractivity contribution in [2.45, 2.75) is 27.7 Å². The van der Waals surface area contributed by atoms with Crippen LogP contribution in [0.5, 0.6) is 0 Å². The summed E-state index contributed by atoms with van der Waals surface area (Å²) in [5, 5.41) is 0. The normalized spacial score (nSPS) is 8.93. The van der Waals surface area contributed by atoms with Crippen LogP contribution >= 0.6 is 0 Å². The molecule has 3 heteroatoms. The van der Waals surface area contributed by atoms with Gasteiger partial charge in [-0.25, -0.2) is 4.79 Å². The van der Waals surface area contributed by atoms with E-state index >= 15 is 0 Å². The monoisotopic (exact) mass is 202 g/mol. The van der Waals surface area contributed by atoms with E-state index in [-0.39, 0.29) is 5.97 Å². The Labute approximate surface area is 87.7 Å². The molecule has 0 aliphatic heterocycles. The van der Waals surface area contributed by atoms with Gasteiger partial charge >= 0.3 is 5.97 Å². The van der Waals surface area contributed by atoms with Crippen LogP contribution in [0.1, 0.15) is 27.7 Å². The first kappa shape index (κ1) is 15.6. The van der Waals surface area contributed by atoms with E-state index in [0.717, 1.165) is 6.08 Å². The predicted octanol–water partition coefficient (Wildman–Crippen LogP) is 0.667. The molecular weight excluding hydrogens is 178 g/mol. The van der Waals surface area contributed by atoms with Crippen LogP contribution in [-0.4, -0.2) is 32.2 Å². The molecule has 0 aromatic rings. The first-order chi connectivity index (χ1) is 6.65. The van der Waals surface area contributed by atoms with Gasteiger partial charge in [0.05, 0.1) is 26.2 Å². The molecule has 0 heterocycles. The maximum atomic E-state index is 10.1. The summed E-state index contributed by atoms with van der Waals surface area (Å²) in [7, 11) is 0. The molecule has 14 heavy (non-hydrogen) atoms. The smallest absolute Gasteiger partial charge is 0.330 e. The fraction of sp³-hybridized carbons (Fsp3) is 0.727. The third-order valence-corrected chi connectivity index (χ3v) is 1.95. The van der Waals surface area contributed by atoms with Crippen LogP contribution in [0.3, 0.4) is 0 Å². The summed E-state index contributed by atoms with van der Waals surface area (Å²) in [5.74, 6) is -0.359. The van der Waals surface area contributed by atoms with Gasteiger partial charge in [0.15, 0.2) is 0 Å². The number of esters is 1. The van der Waals surface area contributed by atoms with Crippen LogP contribution in [0.4, 0.5) is 0 Å². The van der Waals surface area contributed by atoms with Crippen molar-refractivity contribution >= 4 is 5.97 Å². The maximum absolute atomic E-state index is 10.1. The van der Waals surface area contributed by atoms with Gasteiger partial charge in [0.1, 0.15) is 0 Å². The predicted molar refractivity (Wildman–Crippen MR) is 59.4 cm³/mol. The Bertz CT molecular complexity index is 137. The second kappa shape index (κ2) is 12.2. The van der Waals surface area contributed by atoms with Gasteiger partial charge in [-0.15, -0.1) is 0 Å². The third-order valence-electron chi connectivity index (χ3n) is 1.95. The van der Waals surface area contributed by atoms with Crippen LogP contribution in [0.25, 0.3) is 0 Å². The first-order valence-electron chi connectivity index (χ1n) is 5.28. The van der Waals surface area contributed by atoms with Gasteiger partial charge in [0.25, 0.3) is 0 Å². The summed E-state index contributed by atoms with van der Waals surface area (Å²) in [5.41, 5.74) is 0. The lowest BCUT2D eigenvalue weighted by atomic mass is 10.5. The molecule has 0 saturated carbocycles. The first-order valence-corrected chi connectivity index (χ1v) is 5.28. The number of hydrogen-bond acceptors (Lipinski definition) is 2. The van der Waals surface area contributed by atoms with Gasteiger partial charge in [0.2, 0.25) is 0 Å². The zero-order chi connectivity index (χ0) is 11.4. The Morgan fingerprint density at radius 1 is 1.21 bits per heavy atom. The molecule has 0 amide bonds. The van der Waals surface area contributed by atoms with Gasteiger partial charge in [0, 0.05) is 6.08 Å². The standard InChI is InChI=1S/C6H15N.C5H8O2/c1-4-7(5-2)6-3;1-3-5(6)7-4-2/h4-6H2,1-3H3;3H,1,4H2,2H3/p+1. The van der Waals surface area contributed by atoms with Crippen molar-refractivity contribution in [2.75, 3.05) is 26.2 Å². The minimum absolute atomic E-state index is 0.359. The molecule has 0 fully saturated rings. The van der Waals surface area contributed by atoms with Crippen LogP contribution in [0.15, 0.2) is 12.7 Å². The number of carbonyl (C=O) groups excluding carboxylic acids is 1. The van der Waals surface area contributed by atoms with E-state index in [1.807, 2.05) is 0 Å². The average Bonchev–Trinajstić information content (AvgIpc) is 2.22. The van der Waals surface area contributed by atoms with Crippen molar-refractivity contribution in [1.82, 2.24) is 0 Å². The van der Waals surface area contributed by atoms with Gasteiger partial charge in [-0.3, -0.25) is 0 Å². The lowest BCUT2D eigenvalue weighted by Crippen LogP contribution is -3.11. The van der Waals surface area contributed by atoms with Crippen LogP contribution in [0.2, 0.25) is 0 Å². The summed E-state index contributed by atoms with van der Waals surface area (Å²) in [6.45, 7) is 15.9. The van der Waals surface area contributed by atoms with Crippen molar-refractivity contribution in [3.05, 3.63) is 12.7 Å². The average molecular weight is 202 g/mol. The highest BCUT2D eigenvalue weighted by atomic mass is 16.5. The van der Waals surface area contributed by atoms with Gasteiger partial charge < -0.3 is 9.64 Å². The summed E-state index contributed by atoms with van der Waals surface area (Å²) < 4.78 is 4.43. The highest BCUT2D eigenvalue weighted by molar-refractivity contribution is 5.81. The van der Waals surface area contributed by atoms with E-state index in [1.165, 1.54) is 19.6 Å². The number of nitrogens with one attached hydrogen (secondary N) is 1. The van der Waals surface area contributed by atoms with E-state index in [2.05, 4.69) is 32.1 Å². The third kappa shape index (κ3) is 11.2. The van der Waals surface area contributed by atoms with Crippen LogP contribution < -0.4 is 4.90 Å². The molecule has 0 aliphatic rings. The molecule has 3 nitrogen and oxygen atoms in total. The van der Waals surface area contributed by atoms with Crippen LogP contribution in [-0.2, 0) is 9.53 Å².